The first kappa shape index (κ1) is 24.2. The Labute approximate surface area is 184 Å². The Bertz CT molecular complexity index is 693. The number of esters is 1. The number of hydrogen-bond donors (Lipinski definition) is 1. The minimum atomic E-state index is -0.854. The molecule has 7 heteroatoms. The molecule has 1 heterocycles. The van der Waals surface area contributed by atoms with Crippen molar-refractivity contribution in [3.8, 4) is 0 Å². The molecule has 1 atom stereocenters. The predicted octanol–water partition coefficient (Wildman–Crippen LogP) is 4.35. The molecule has 2 amide bonds. The highest BCUT2D eigenvalue weighted by molar-refractivity contribution is 6.30. The molecule has 1 aromatic carbocycles. The number of piperazine rings is 1. The summed E-state index contributed by atoms with van der Waals surface area (Å²) in [5.41, 5.74) is 0.436. The smallest absolute Gasteiger partial charge is 0.308 e. The zero-order valence-corrected chi connectivity index (χ0v) is 18.6. The van der Waals surface area contributed by atoms with Gasteiger partial charge in [-0.15, -0.1) is 0 Å². The van der Waals surface area contributed by atoms with E-state index in [2.05, 4.69) is 12.2 Å². The molecule has 0 bridgehead atoms. The lowest BCUT2D eigenvalue weighted by Gasteiger charge is -2.34. The SMILES string of the molecule is CCCCCCCCCCOC(=O)CC1C(=O)NCCN1C(=O)c1ccc(Cl)cc1. The van der Waals surface area contributed by atoms with Crippen LogP contribution < -0.4 is 5.32 Å². The second kappa shape index (κ2) is 13.3. The van der Waals surface area contributed by atoms with Crippen molar-refractivity contribution in [1.29, 1.82) is 0 Å². The average Bonchev–Trinajstić information content (AvgIpc) is 2.74. The molecule has 1 fully saturated rings. The van der Waals surface area contributed by atoms with Crippen LogP contribution in [0.3, 0.4) is 0 Å². The second-order valence-electron chi connectivity index (χ2n) is 7.71. The number of unbranched alkanes of at least 4 members (excludes halogenated alkanes) is 7. The maximum atomic E-state index is 12.8. The van der Waals surface area contributed by atoms with Crippen LogP contribution in [0.25, 0.3) is 0 Å². The third-order valence-electron chi connectivity index (χ3n) is 5.30. The molecule has 0 saturated carbocycles. The maximum Gasteiger partial charge on any atom is 0.308 e. The van der Waals surface area contributed by atoms with Crippen LogP contribution >= 0.6 is 11.6 Å². The van der Waals surface area contributed by atoms with Crippen molar-refractivity contribution in [3.05, 3.63) is 34.9 Å². The fourth-order valence-corrected chi connectivity index (χ4v) is 3.68. The van der Waals surface area contributed by atoms with Gasteiger partial charge in [-0.1, -0.05) is 63.5 Å². The fourth-order valence-electron chi connectivity index (χ4n) is 3.56. The molecule has 0 aliphatic carbocycles. The lowest BCUT2D eigenvalue weighted by atomic mass is 10.1. The van der Waals surface area contributed by atoms with E-state index in [1.807, 2.05) is 0 Å². The van der Waals surface area contributed by atoms with Crippen LogP contribution in [0, 0.1) is 0 Å². The number of benzene rings is 1. The van der Waals surface area contributed by atoms with E-state index >= 15 is 0 Å². The van der Waals surface area contributed by atoms with Crippen LogP contribution in [0.2, 0.25) is 5.02 Å². The van der Waals surface area contributed by atoms with E-state index in [0.29, 0.717) is 30.3 Å². The van der Waals surface area contributed by atoms with Crippen LogP contribution in [0.15, 0.2) is 24.3 Å². The maximum absolute atomic E-state index is 12.8. The van der Waals surface area contributed by atoms with E-state index in [-0.39, 0.29) is 18.2 Å². The minimum absolute atomic E-state index is 0.137. The summed E-state index contributed by atoms with van der Waals surface area (Å²) in [6.45, 7) is 3.27. The number of ether oxygens (including phenoxy) is 1. The predicted molar refractivity (Wildman–Crippen MR) is 117 cm³/mol. The summed E-state index contributed by atoms with van der Waals surface area (Å²) in [7, 11) is 0. The number of nitrogens with one attached hydrogen (secondary N) is 1. The molecule has 0 radical (unpaired) electrons. The molecule has 2 rings (SSSR count). The standard InChI is InChI=1S/C23H33ClN2O4/c1-2-3-4-5-6-7-8-9-16-30-21(27)17-20-22(28)25-14-15-26(20)23(29)18-10-12-19(24)13-11-18/h10-13,20H,2-9,14-17H2,1H3,(H,25,28). The molecule has 30 heavy (non-hydrogen) atoms. The molecule has 1 unspecified atom stereocenters. The normalized spacial score (nSPS) is 16.3. The number of halogens is 1. The highest BCUT2D eigenvalue weighted by Gasteiger charge is 2.35. The van der Waals surface area contributed by atoms with Gasteiger partial charge in [-0.2, -0.15) is 0 Å². The average molecular weight is 437 g/mol. The van der Waals surface area contributed by atoms with Crippen LogP contribution in [-0.2, 0) is 14.3 Å². The van der Waals surface area contributed by atoms with Gasteiger partial charge < -0.3 is 15.0 Å². The summed E-state index contributed by atoms with van der Waals surface area (Å²) >= 11 is 5.88. The van der Waals surface area contributed by atoms with Crippen molar-refractivity contribution >= 4 is 29.4 Å². The van der Waals surface area contributed by atoms with Crippen molar-refractivity contribution in [3.63, 3.8) is 0 Å². The molecule has 166 valence electrons. The monoisotopic (exact) mass is 436 g/mol. The van der Waals surface area contributed by atoms with E-state index in [4.69, 9.17) is 16.3 Å². The third-order valence-corrected chi connectivity index (χ3v) is 5.56. The van der Waals surface area contributed by atoms with Gasteiger partial charge in [0.15, 0.2) is 0 Å². The van der Waals surface area contributed by atoms with E-state index < -0.39 is 12.0 Å². The van der Waals surface area contributed by atoms with Crippen molar-refractivity contribution in [2.75, 3.05) is 19.7 Å². The van der Waals surface area contributed by atoms with Crippen molar-refractivity contribution in [1.82, 2.24) is 10.2 Å². The summed E-state index contributed by atoms with van der Waals surface area (Å²) in [6.07, 6.45) is 9.19. The van der Waals surface area contributed by atoms with E-state index in [1.165, 1.54) is 37.0 Å². The number of rotatable bonds is 12. The largest absolute Gasteiger partial charge is 0.466 e. The van der Waals surface area contributed by atoms with Crippen LogP contribution in [-0.4, -0.2) is 48.4 Å². The molecule has 1 aliphatic rings. The van der Waals surface area contributed by atoms with Gasteiger partial charge in [-0.3, -0.25) is 14.4 Å². The lowest BCUT2D eigenvalue weighted by molar-refractivity contribution is -0.147. The molecular formula is C23H33ClN2O4. The quantitative estimate of drug-likeness (QED) is 0.390. The zero-order valence-electron chi connectivity index (χ0n) is 17.8. The molecule has 1 saturated heterocycles. The van der Waals surface area contributed by atoms with Gasteiger partial charge in [0.25, 0.3) is 5.91 Å². The van der Waals surface area contributed by atoms with Crippen molar-refractivity contribution < 1.29 is 19.1 Å². The number of carbonyl (C=O) groups excluding carboxylic acids is 3. The van der Waals surface area contributed by atoms with Gasteiger partial charge in [0, 0.05) is 23.7 Å². The van der Waals surface area contributed by atoms with E-state index in [9.17, 15) is 14.4 Å². The van der Waals surface area contributed by atoms with Crippen molar-refractivity contribution in [2.45, 2.75) is 70.8 Å². The molecule has 6 nitrogen and oxygen atoms in total. The molecule has 0 spiro atoms. The minimum Gasteiger partial charge on any atom is -0.466 e. The van der Waals surface area contributed by atoms with Crippen LogP contribution in [0.4, 0.5) is 0 Å². The topological polar surface area (TPSA) is 75.7 Å². The first-order valence-electron chi connectivity index (χ1n) is 11.0. The summed E-state index contributed by atoms with van der Waals surface area (Å²) in [6, 6.07) is 5.65. The Morgan fingerprint density at radius 1 is 1.07 bits per heavy atom. The van der Waals surface area contributed by atoms with Crippen LogP contribution in [0.5, 0.6) is 0 Å². The Morgan fingerprint density at radius 3 is 2.37 bits per heavy atom. The van der Waals surface area contributed by atoms with Crippen LogP contribution in [0.1, 0.15) is 75.1 Å². The lowest BCUT2D eigenvalue weighted by Crippen LogP contribution is -2.57. The zero-order chi connectivity index (χ0) is 21.8. The highest BCUT2D eigenvalue weighted by atomic mass is 35.5. The van der Waals surface area contributed by atoms with Gasteiger partial charge >= 0.3 is 5.97 Å². The first-order chi connectivity index (χ1) is 14.5. The molecule has 1 aromatic rings. The number of amides is 2. The molecule has 1 aliphatic heterocycles. The Morgan fingerprint density at radius 2 is 1.70 bits per heavy atom. The van der Waals surface area contributed by atoms with E-state index in [0.717, 1.165) is 19.3 Å². The van der Waals surface area contributed by atoms with Crippen molar-refractivity contribution in [2.24, 2.45) is 0 Å². The Hall–Kier alpha value is -2.08. The van der Waals surface area contributed by atoms with Gasteiger partial charge in [0.2, 0.25) is 5.91 Å². The molecule has 0 aromatic heterocycles. The van der Waals surface area contributed by atoms with Gasteiger partial charge in [0.1, 0.15) is 6.04 Å². The van der Waals surface area contributed by atoms with Gasteiger partial charge in [0.05, 0.1) is 13.0 Å². The molecule has 1 N–H and O–H groups in total. The summed E-state index contributed by atoms with van der Waals surface area (Å²) in [5.74, 6) is -1.07. The Balaban J connectivity index is 1.76. The van der Waals surface area contributed by atoms with Gasteiger partial charge in [-0.05, 0) is 30.7 Å². The number of carbonyl (C=O) groups is 3. The number of nitrogens with zero attached hydrogens (tertiary/aromatic N) is 1. The third kappa shape index (κ3) is 7.98. The van der Waals surface area contributed by atoms with E-state index in [1.54, 1.807) is 24.3 Å². The highest BCUT2D eigenvalue weighted by Crippen LogP contribution is 2.17. The van der Waals surface area contributed by atoms with Gasteiger partial charge in [-0.25, -0.2) is 0 Å². The summed E-state index contributed by atoms with van der Waals surface area (Å²) in [5, 5.41) is 3.26. The summed E-state index contributed by atoms with van der Waals surface area (Å²) < 4.78 is 5.31. The second-order valence-corrected chi connectivity index (χ2v) is 8.15. The first-order valence-corrected chi connectivity index (χ1v) is 11.4. The molecular weight excluding hydrogens is 404 g/mol. The number of hydrogen-bond acceptors (Lipinski definition) is 4. The summed E-state index contributed by atoms with van der Waals surface area (Å²) in [4.78, 5) is 38.8. The Kier molecular flexibility index (Phi) is 10.7. The fraction of sp³-hybridized carbons (Fsp3) is 0.609.